The molecule has 33 heavy (non-hydrogen) atoms. The molecular weight excluding hydrogens is 492 g/mol. The highest BCUT2D eigenvalue weighted by molar-refractivity contribution is 9.10. The molecule has 1 heterocycles. The first-order chi connectivity index (χ1) is 15.8. The number of non-ortho nitro benzene ring substituents is 1. The van der Waals surface area contributed by atoms with Crippen LogP contribution in [0.15, 0.2) is 82.8 Å². The van der Waals surface area contributed by atoms with Gasteiger partial charge in [-0.2, -0.15) is 0 Å². The number of methoxy groups -OCH3 is 1. The summed E-state index contributed by atoms with van der Waals surface area (Å²) in [5.41, 5.74) is 0.988. The number of nitro groups is 1. The Bertz CT molecular complexity index is 1270. The lowest BCUT2D eigenvalue weighted by Gasteiger charge is -2.25. The summed E-state index contributed by atoms with van der Waals surface area (Å²) in [6.45, 7) is 0. The van der Waals surface area contributed by atoms with E-state index in [0.29, 0.717) is 17.0 Å². The zero-order valence-electron chi connectivity index (χ0n) is 17.3. The van der Waals surface area contributed by atoms with Crippen molar-refractivity contribution in [2.45, 2.75) is 6.04 Å². The Hall–Kier alpha value is -3.98. The fourth-order valence-corrected chi connectivity index (χ4v) is 3.96. The van der Waals surface area contributed by atoms with E-state index in [1.54, 1.807) is 48.5 Å². The molecule has 3 aromatic carbocycles. The lowest BCUT2D eigenvalue weighted by Crippen LogP contribution is -2.29. The Morgan fingerprint density at radius 3 is 2.15 bits per heavy atom. The van der Waals surface area contributed by atoms with Crippen molar-refractivity contribution in [1.82, 2.24) is 0 Å². The maximum Gasteiger partial charge on any atom is 0.300 e. The van der Waals surface area contributed by atoms with E-state index in [0.717, 1.165) is 4.47 Å². The predicted molar refractivity (Wildman–Crippen MR) is 125 cm³/mol. The monoisotopic (exact) mass is 508 g/mol. The van der Waals surface area contributed by atoms with Gasteiger partial charge in [0.2, 0.25) is 0 Å². The highest BCUT2D eigenvalue weighted by atomic mass is 79.9. The Balaban J connectivity index is 1.89. The molecule has 1 aliphatic rings. The van der Waals surface area contributed by atoms with Crippen LogP contribution in [0.4, 0.5) is 11.4 Å². The maximum absolute atomic E-state index is 13.1. The van der Waals surface area contributed by atoms with Crippen LogP contribution in [0.3, 0.4) is 0 Å². The van der Waals surface area contributed by atoms with Gasteiger partial charge in [-0.15, -0.1) is 0 Å². The summed E-state index contributed by atoms with van der Waals surface area (Å²) in [6.07, 6.45) is 0. The Kier molecular flexibility index (Phi) is 5.97. The zero-order valence-corrected chi connectivity index (χ0v) is 18.9. The SMILES string of the molecule is COc1ccc(N2C(=O)C(=O)/C(=C(\O)c3ccc([N+](=O)[O-])cc3)C2c2ccc(Br)cc2)cc1. The van der Waals surface area contributed by atoms with Crippen molar-refractivity contribution in [3.8, 4) is 5.75 Å². The molecule has 8 nitrogen and oxygen atoms in total. The third-order valence-electron chi connectivity index (χ3n) is 5.33. The highest BCUT2D eigenvalue weighted by Crippen LogP contribution is 2.42. The molecule has 1 amide bonds. The number of benzene rings is 3. The molecule has 1 unspecified atom stereocenters. The summed E-state index contributed by atoms with van der Waals surface area (Å²) < 4.78 is 5.98. The molecule has 9 heteroatoms. The third kappa shape index (κ3) is 4.10. The molecule has 1 N–H and O–H groups in total. The van der Waals surface area contributed by atoms with Crippen LogP contribution < -0.4 is 9.64 Å². The number of hydrogen-bond donors (Lipinski definition) is 1. The second-order valence-corrected chi connectivity index (χ2v) is 8.14. The number of hydrogen-bond acceptors (Lipinski definition) is 6. The summed E-state index contributed by atoms with van der Waals surface area (Å²) in [4.78, 5) is 37.9. The topological polar surface area (TPSA) is 110 Å². The summed E-state index contributed by atoms with van der Waals surface area (Å²) in [5, 5.41) is 22.0. The van der Waals surface area contributed by atoms with E-state index in [-0.39, 0.29) is 16.8 Å². The number of aliphatic hydroxyl groups excluding tert-OH is 1. The molecule has 0 spiro atoms. The van der Waals surface area contributed by atoms with Crippen molar-refractivity contribution >= 4 is 44.8 Å². The van der Waals surface area contributed by atoms with Crippen LogP contribution in [-0.4, -0.2) is 28.8 Å². The Labute approximate surface area is 197 Å². The summed E-state index contributed by atoms with van der Waals surface area (Å²) >= 11 is 3.38. The third-order valence-corrected chi connectivity index (χ3v) is 5.86. The van der Waals surface area contributed by atoms with Crippen molar-refractivity contribution in [3.05, 3.63) is 104 Å². The van der Waals surface area contributed by atoms with E-state index in [2.05, 4.69) is 15.9 Å². The number of nitro benzene ring substituents is 1. The molecule has 0 aliphatic carbocycles. The minimum Gasteiger partial charge on any atom is -0.507 e. The van der Waals surface area contributed by atoms with Gasteiger partial charge in [-0.25, -0.2) is 0 Å². The summed E-state index contributed by atoms with van der Waals surface area (Å²) in [7, 11) is 1.52. The average Bonchev–Trinajstić information content (AvgIpc) is 3.09. The number of Topliss-reactive ketones (excluding diaryl/α,β-unsaturated/α-hetero) is 1. The molecule has 0 aromatic heterocycles. The van der Waals surface area contributed by atoms with Crippen LogP contribution in [-0.2, 0) is 9.59 Å². The number of ketones is 1. The van der Waals surface area contributed by atoms with Gasteiger partial charge in [-0.1, -0.05) is 28.1 Å². The van der Waals surface area contributed by atoms with Crippen molar-refractivity contribution in [2.24, 2.45) is 0 Å². The standard InChI is InChI=1S/C24H17BrN2O6/c1-33-19-12-10-17(11-13-19)26-21(14-2-6-16(25)7-3-14)20(23(29)24(26)30)22(28)15-4-8-18(9-5-15)27(31)32/h2-13,21,28H,1H3/b22-20-. The van der Waals surface area contributed by atoms with Gasteiger partial charge < -0.3 is 9.84 Å². The van der Waals surface area contributed by atoms with Gasteiger partial charge in [0.1, 0.15) is 11.5 Å². The van der Waals surface area contributed by atoms with Crippen LogP contribution in [0.1, 0.15) is 17.2 Å². The number of halogens is 1. The number of nitrogens with zero attached hydrogens (tertiary/aromatic N) is 2. The molecule has 3 aromatic rings. The molecular formula is C24H17BrN2O6. The van der Waals surface area contributed by atoms with Crippen LogP contribution in [0.5, 0.6) is 5.75 Å². The number of rotatable bonds is 5. The van der Waals surface area contributed by atoms with Gasteiger partial charge in [0, 0.05) is 27.9 Å². The van der Waals surface area contributed by atoms with Crippen molar-refractivity contribution in [2.75, 3.05) is 12.0 Å². The smallest absolute Gasteiger partial charge is 0.300 e. The van der Waals surface area contributed by atoms with Crippen LogP contribution >= 0.6 is 15.9 Å². The first-order valence-electron chi connectivity index (χ1n) is 9.77. The second-order valence-electron chi connectivity index (χ2n) is 7.22. The van der Waals surface area contributed by atoms with Crippen molar-refractivity contribution < 1.29 is 24.4 Å². The average molecular weight is 509 g/mol. The summed E-state index contributed by atoms with van der Waals surface area (Å²) in [5.74, 6) is -1.47. The molecule has 0 bridgehead atoms. The van der Waals surface area contributed by atoms with E-state index in [1.165, 1.54) is 36.3 Å². The predicted octanol–water partition coefficient (Wildman–Crippen LogP) is 4.99. The number of amides is 1. The lowest BCUT2D eigenvalue weighted by molar-refractivity contribution is -0.384. The number of ether oxygens (including phenoxy) is 1. The van der Waals surface area contributed by atoms with Gasteiger partial charge in [0.15, 0.2) is 0 Å². The minimum absolute atomic E-state index is 0.105. The first-order valence-corrected chi connectivity index (χ1v) is 10.6. The van der Waals surface area contributed by atoms with Gasteiger partial charge in [-0.05, 0) is 54.1 Å². The fourth-order valence-electron chi connectivity index (χ4n) is 3.70. The fraction of sp³-hybridized carbons (Fsp3) is 0.0833. The number of carbonyl (C=O) groups is 2. The van der Waals surface area contributed by atoms with Gasteiger partial charge in [0.25, 0.3) is 17.4 Å². The largest absolute Gasteiger partial charge is 0.507 e. The molecule has 1 fully saturated rings. The van der Waals surface area contributed by atoms with Crippen LogP contribution in [0, 0.1) is 10.1 Å². The van der Waals surface area contributed by atoms with Crippen LogP contribution in [0.2, 0.25) is 0 Å². The van der Waals surface area contributed by atoms with Crippen molar-refractivity contribution in [3.63, 3.8) is 0 Å². The molecule has 1 aliphatic heterocycles. The zero-order chi connectivity index (χ0) is 23.7. The van der Waals surface area contributed by atoms with Gasteiger partial charge in [0.05, 0.1) is 23.6 Å². The molecule has 4 rings (SSSR count). The van der Waals surface area contributed by atoms with E-state index < -0.39 is 28.4 Å². The quantitative estimate of drug-likeness (QED) is 0.171. The number of aliphatic hydroxyl groups is 1. The highest BCUT2D eigenvalue weighted by Gasteiger charge is 2.47. The number of anilines is 1. The van der Waals surface area contributed by atoms with E-state index in [9.17, 15) is 24.8 Å². The van der Waals surface area contributed by atoms with Gasteiger partial charge >= 0.3 is 0 Å². The molecule has 0 saturated carbocycles. The van der Waals surface area contributed by atoms with Gasteiger partial charge in [-0.3, -0.25) is 24.6 Å². The minimum atomic E-state index is -0.901. The van der Waals surface area contributed by atoms with E-state index in [1.807, 2.05) is 0 Å². The summed E-state index contributed by atoms with van der Waals surface area (Å²) in [6, 6.07) is 17.9. The normalized spacial score (nSPS) is 17.3. The first kappa shape index (κ1) is 22.2. The molecule has 1 atom stereocenters. The molecule has 0 radical (unpaired) electrons. The molecule has 166 valence electrons. The lowest BCUT2D eigenvalue weighted by atomic mass is 9.95. The van der Waals surface area contributed by atoms with Crippen molar-refractivity contribution in [1.29, 1.82) is 0 Å². The van der Waals surface area contributed by atoms with Crippen LogP contribution in [0.25, 0.3) is 5.76 Å². The Morgan fingerprint density at radius 1 is 1.00 bits per heavy atom. The van der Waals surface area contributed by atoms with E-state index in [4.69, 9.17) is 4.74 Å². The number of carbonyl (C=O) groups excluding carboxylic acids is 2. The maximum atomic E-state index is 13.1. The van der Waals surface area contributed by atoms with E-state index >= 15 is 0 Å². The second kappa shape index (κ2) is 8.87. The molecule has 1 saturated heterocycles. The Morgan fingerprint density at radius 2 is 1.61 bits per heavy atom.